The van der Waals surface area contributed by atoms with Crippen LogP contribution >= 0.6 is 0 Å². The Labute approximate surface area is 176 Å². The molecule has 0 fully saturated rings. The van der Waals surface area contributed by atoms with Gasteiger partial charge in [0.05, 0.1) is 18.5 Å². The average molecular weight is 400 g/mol. The molecule has 3 aromatic rings. The molecule has 0 aliphatic heterocycles. The maximum absolute atomic E-state index is 13.1. The number of anilines is 1. The summed E-state index contributed by atoms with van der Waals surface area (Å²) in [6.45, 7) is 0. The Kier molecular flexibility index (Phi) is 6.65. The van der Waals surface area contributed by atoms with E-state index in [9.17, 15) is 9.59 Å². The van der Waals surface area contributed by atoms with Crippen molar-refractivity contribution in [1.82, 2.24) is 4.90 Å². The molecule has 0 spiro atoms. The molecule has 3 rings (SSSR count). The van der Waals surface area contributed by atoms with Crippen LogP contribution in [0.3, 0.4) is 0 Å². The van der Waals surface area contributed by atoms with Crippen LogP contribution in [0.4, 0.5) is 10.5 Å². The molecule has 0 saturated carbocycles. The predicted octanol–water partition coefficient (Wildman–Crippen LogP) is 5.11. The van der Waals surface area contributed by atoms with E-state index >= 15 is 0 Å². The van der Waals surface area contributed by atoms with Crippen molar-refractivity contribution in [3.63, 3.8) is 0 Å². The standard InChI is InChI=1S/C25H24N2O3/c1-26(2)25(29)27(21-12-8-5-9-13-21)23(19-10-6-4-7-11-19)18-24(28)20-14-16-22(30-3)17-15-20/h4-18H,1-3H3/b23-18+. The van der Waals surface area contributed by atoms with E-state index in [2.05, 4.69) is 0 Å². The summed E-state index contributed by atoms with van der Waals surface area (Å²) in [5, 5.41) is 0. The highest BCUT2D eigenvalue weighted by atomic mass is 16.5. The van der Waals surface area contributed by atoms with Crippen LogP contribution in [0.25, 0.3) is 5.70 Å². The number of carbonyl (C=O) groups excluding carboxylic acids is 2. The third-order valence-corrected chi connectivity index (χ3v) is 4.54. The first-order valence-electron chi connectivity index (χ1n) is 9.53. The molecule has 0 N–H and O–H groups in total. The van der Waals surface area contributed by atoms with Crippen LogP contribution in [0.1, 0.15) is 15.9 Å². The van der Waals surface area contributed by atoms with Gasteiger partial charge in [-0.1, -0.05) is 48.5 Å². The van der Waals surface area contributed by atoms with E-state index in [1.165, 1.54) is 11.0 Å². The third-order valence-electron chi connectivity index (χ3n) is 4.54. The number of rotatable bonds is 6. The maximum atomic E-state index is 13.1. The molecule has 0 heterocycles. The number of carbonyl (C=O) groups is 2. The number of hydrogen-bond acceptors (Lipinski definition) is 3. The number of allylic oxidation sites excluding steroid dienone is 1. The highest BCUT2D eigenvalue weighted by Gasteiger charge is 2.24. The minimum Gasteiger partial charge on any atom is -0.497 e. The minimum absolute atomic E-state index is 0.205. The van der Waals surface area contributed by atoms with Crippen molar-refractivity contribution in [1.29, 1.82) is 0 Å². The summed E-state index contributed by atoms with van der Waals surface area (Å²) in [4.78, 5) is 29.3. The normalized spacial score (nSPS) is 11.0. The van der Waals surface area contributed by atoms with Gasteiger partial charge >= 0.3 is 6.03 Å². The van der Waals surface area contributed by atoms with Crippen LogP contribution in [0.5, 0.6) is 5.75 Å². The second-order valence-corrected chi connectivity index (χ2v) is 6.84. The Bertz CT molecular complexity index is 1030. The summed E-state index contributed by atoms with van der Waals surface area (Å²) >= 11 is 0. The molecular formula is C25H24N2O3. The number of hydrogen-bond donors (Lipinski definition) is 0. The zero-order valence-electron chi connectivity index (χ0n) is 17.3. The van der Waals surface area contributed by atoms with Gasteiger partial charge in [-0.3, -0.25) is 9.69 Å². The lowest BCUT2D eigenvalue weighted by Gasteiger charge is -2.28. The van der Waals surface area contributed by atoms with Crippen molar-refractivity contribution in [3.8, 4) is 5.75 Å². The van der Waals surface area contributed by atoms with Crippen LogP contribution in [-0.4, -0.2) is 37.9 Å². The first kappa shape index (κ1) is 20.9. The molecule has 5 heteroatoms. The summed E-state index contributed by atoms with van der Waals surface area (Å²) in [5.74, 6) is 0.469. The van der Waals surface area contributed by atoms with Crippen molar-refractivity contribution in [3.05, 3.63) is 102 Å². The third kappa shape index (κ3) is 4.75. The van der Waals surface area contributed by atoms with Crippen LogP contribution in [-0.2, 0) is 0 Å². The Balaban J connectivity index is 2.14. The quantitative estimate of drug-likeness (QED) is 0.427. The number of ketones is 1. The number of para-hydroxylation sites is 1. The van der Waals surface area contributed by atoms with Crippen LogP contribution < -0.4 is 9.64 Å². The van der Waals surface area contributed by atoms with Crippen molar-refractivity contribution < 1.29 is 14.3 Å². The number of urea groups is 1. The molecule has 5 nitrogen and oxygen atoms in total. The van der Waals surface area contributed by atoms with E-state index in [4.69, 9.17) is 4.74 Å². The van der Waals surface area contributed by atoms with E-state index in [-0.39, 0.29) is 11.8 Å². The fourth-order valence-electron chi connectivity index (χ4n) is 2.98. The number of nitrogens with zero attached hydrogens (tertiary/aromatic N) is 2. The molecule has 0 bridgehead atoms. The molecule has 0 aliphatic carbocycles. The fraction of sp³-hybridized carbons (Fsp3) is 0.120. The zero-order chi connectivity index (χ0) is 21.5. The molecule has 0 atom stereocenters. The largest absolute Gasteiger partial charge is 0.497 e. The highest BCUT2D eigenvalue weighted by Crippen LogP contribution is 2.28. The number of ether oxygens (including phenoxy) is 1. The SMILES string of the molecule is COc1ccc(C(=O)/C=C(\c2ccccc2)N(C(=O)N(C)C)c2ccccc2)cc1. The molecule has 0 aromatic heterocycles. The van der Waals surface area contributed by atoms with Crippen LogP contribution in [0, 0.1) is 0 Å². The second-order valence-electron chi connectivity index (χ2n) is 6.84. The average Bonchev–Trinajstić information content (AvgIpc) is 2.79. The lowest BCUT2D eigenvalue weighted by atomic mass is 10.0. The molecule has 2 amide bonds. The van der Waals surface area contributed by atoms with Gasteiger partial charge in [0.2, 0.25) is 0 Å². The molecule has 30 heavy (non-hydrogen) atoms. The summed E-state index contributed by atoms with van der Waals surface area (Å²) in [6.07, 6.45) is 1.51. The van der Waals surface area contributed by atoms with Crippen LogP contribution in [0.2, 0.25) is 0 Å². The molecule has 0 unspecified atom stereocenters. The molecule has 0 aliphatic rings. The van der Waals surface area contributed by atoms with Gasteiger partial charge in [0.25, 0.3) is 0 Å². The van der Waals surface area contributed by atoms with Crippen molar-refractivity contribution in [2.24, 2.45) is 0 Å². The molecule has 3 aromatic carbocycles. The first-order valence-corrected chi connectivity index (χ1v) is 9.53. The molecule has 0 saturated heterocycles. The van der Waals surface area contributed by atoms with Gasteiger partial charge in [0.1, 0.15) is 5.75 Å². The van der Waals surface area contributed by atoms with Gasteiger partial charge in [-0.25, -0.2) is 4.79 Å². The molecule has 0 radical (unpaired) electrons. The van der Waals surface area contributed by atoms with E-state index in [1.54, 1.807) is 50.4 Å². The zero-order valence-corrected chi connectivity index (χ0v) is 17.3. The predicted molar refractivity (Wildman–Crippen MR) is 120 cm³/mol. The fourth-order valence-corrected chi connectivity index (χ4v) is 2.98. The molecule has 152 valence electrons. The van der Waals surface area contributed by atoms with Crippen LogP contribution in [0.15, 0.2) is 91.0 Å². The maximum Gasteiger partial charge on any atom is 0.328 e. The van der Waals surface area contributed by atoms with Gasteiger partial charge in [0, 0.05) is 25.7 Å². The first-order chi connectivity index (χ1) is 14.5. The van der Waals surface area contributed by atoms with Crippen molar-refractivity contribution in [2.45, 2.75) is 0 Å². The lowest BCUT2D eigenvalue weighted by molar-refractivity contribution is 0.104. The minimum atomic E-state index is -0.251. The smallest absolute Gasteiger partial charge is 0.328 e. The van der Waals surface area contributed by atoms with Gasteiger partial charge in [-0.05, 0) is 42.0 Å². The van der Waals surface area contributed by atoms with Crippen molar-refractivity contribution >= 4 is 23.2 Å². The second kappa shape index (κ2) is 9.56. The van der Waals surface area contributed by atoms with Gasteiger partial charge in [-0.2, -0.15) is 0 Å². The van der Waals surface area contributed by atoms with Gasteiger partial charge in [-0.15, -0.1) is 0 Å². The Morgan fingerprint density at radius 3 is 1.87 bits per heavy atom. The highest BCUT2D eigenvalue weighted by molar-refractivity contribution is 6.14. The van der Waals surface area contributed by atoms with Gasteiger partial charge in [0.15, 0.2) is 5.78 Å². The van der Waals surface area contributed by atoms with Gasteiger partial charge < -0.3 is 9.64 Å². The number of benzene rings is 3. The van der Waals surface area contributed by atoms with Crippen molar-refractivity contribution in [2.75, 3.05) is 26.1 Å². The topological polar surface area (TPSA) is 49.9 Å². The summed E-state index contributed by atoms with van der Waals surface area (Å²) in [5.41, 5.74) is 2.45. The number of methoxy groups -OCH3 is 1. The summed E-state index contributed by atoms with van der Waals surface area (Å²) in [7, 11) is 4.95. The Hall–Kier alpha value is -3.86. The lowest BCUT2D eigenvalue weighted by Crippen LogP contribution is -2.38. The monoisotopic (exact) mass is 400 g/mol. The summed E-state index contributed by atoms with van der Waals surface area (Å²) < 4.78 is 5.17. The van der Waals surface area contributed by atoms with E-state index in [1.807, 2.05) is 60.7 Å². The Morgan fingerprint density at radius 1 is 0.767 bits per heavy atom. The molecular weight excluding hydrogens is 376 g/mol. The summed E-state index contributed by atoms with van der Waals surface area (Å²) in [6, 6.07) is 25.4. The number of amides is 2. The Morgan fingerprint density at radius 2 is 1.33 bits per heavy atom. The van der Waals surface area contributed by atoms with E-state index in [0.29, 0.717) is 22.7 Å². The van der Waals surface area contributed by atoms with E-state index in [0.717, 1.165) is 5.56 Å². The van der Waals surface area contributed by atoms with E-state index < -0.39 is 0 Å².